The molecule has 152 valence electrons. The second kappa shape index (κ2) is 8.19. The van der Waals surface area contributed by atoms with E-state index >= 15 is 0 Å². The van der Waals surface area contributed by atoms with Crippen LogP contribution in [0, 0.1) is 0 Å². The first kappa shape index (κ1) is 20.2. The minimum atomic E-state index is -3.93. The van der Waals surface area contributed by atoms with Crippen LogP contribution in [0.3, 0.4) is 0 Å². The van der Waals surface area contributed by atoms with Crippen molar-refractivity contribution in [3.05, 3.63) is 35.5 Å². The zero-order chi connectivity index (χ0) is 20.3. The molecule has 0 unspecified atom stereocenters. The molecule has 0 saturated carbocycles. The van der Waals surface area contributed by atoms with Crippen molar-refractivity contribution in [2.45, 2.75) is 18.4 Å². The third-order valence-corrected chi connectivity index (χ3v) is 6.63. The largest absolute Gasteiger partial charge is 0.495 e. The molecule has 1 N–H and O–H groups in total. The predicted molar refractivity (Wildman–Crippen MR) is 103 cm³/mol. The number of anilines is 1. The highest BCUT2D eigenvalue weighted by Gasteiger charge is 2.36. The monoisotopic (exact) mass is 408 g/mol. The predicted octanol–water partition coefficient (Wildman–Crippen LogP) is 1.28. The van der Waals surface area contributed by atoms with Crippen molar-refractivity contribution in [1.29, 1.82) is 0 Å². The average molecular weight is 408 g/mol. The summed E-state index contributed by atoms with van der Waals surface area (Å²) < 4.78 is 37.7. The molecule has 10 heteroatoms. The summed E-state index contributed by atoms with van der Waals surface area (Å²) in [5.41, 5.74) is 1.35. The van der Waals surface area contributed by atoms with Crippen LogP contribution in [0.1, 0.15) is 23.0 Å². The number of methoxy groups -OCH3 is 2. The Morgan fingerprint density at radius 1 is 1.18 bits per heavy atom. The number of aromatic amines is 1. The van der Waals surface area contributed by atoms with Gasteiger partial charge in [0.05, 0.1) is 25.6 Å². The van der Waals surface area contributed by atoms with E-state index in [0.717, 1.165) is 11.4 Å². The second-order valence-corrected chi connectivity index (χ2v) is 8.14. The van der Waals surface area contributed by atoms with Gasteiger partial charge >= 0.3 is 5.97 Å². The molecule has 0 aliphatic carbocycles. The van der Waals surface area contributed by atoms with Crippen LogP contribution >= 0.6 is 0 Å². The van der Waals surface area contributed by atoms with Crippen molar-refractivity contribution in [2.75, 3.05) is 45.3 Å². The SMILES string of the molecule is CCc1[nH]nc(S(=O)(=O)N2CCN(c3ccccc3OC)CC2)c1C(=O)OC. The van der Waals surface area contributed by atoms with Crippen molar-refractivity contribution in [3.8, 4) is 5.75 Å². The van der Waals surface area contributed by atoms with Gasteiger partial charge in [0, 0.05) is 26.2 Å². The highest BCUT2D eigenvalue weighted by molar-refractivity contribution is 7.89. The van der Waals surface area contributed by atoms with Crippen LogP contribution in [0.15, 0.2) is 29.3 Å². The quantitative estimate of drug-likeness (QED) is 0.718. The lowest BCUT2D eigenvalue weighted by Crippen LogP contribution is -2.49. The van der Waals surface area contributed by atoms with E-state index in [9.17, 15) is 13.2 Å². The van der Waals surface area contributed by atoms with Crippen LogP contribution < -0.4 is 9.64 Å². The number of H-pyrrole nitrogens is 1. The van der Waals surface area contributed by atoms with Crippen LogP contribution in [0.5, 0.6) is 5.75 Å². The van der Waals surface area contributed by atoms with Gasteiger partial charge in [0.15, 0.2) is 0 Å². The van der Waals surface area contributed by atoms with E-state index in [1.807, 2.05) is 31.2 Å². The molecule has 1 fully saturated rings. The van der Waals surface area contributed by atoms with Gasteiger partial charge < -0.3 is 14.4 Å². The maximum absolute atomic E-state index is 13.1. The Morgan fingerprint density at radius 2 is 1.86 bits per heavy atom. The molecule has 1 aliphatic heterocycles. The summed E-state index contributed by atoms with van der Waals surface area (Å²) in [4.78, 5) is 14.2. The van der Waals surface area contributed by atoms with Gasteiger partial charge in [-0.3, -0.25) is 5.10 Å². The number of hydrogen-bond acceptors (Lipinski definition) is 7. The normalized spacial score (nSPS) is 15.5. The minimum absolute atomic E-state index is 0.0165. The summed E-state index contributed by atoms with van der Waals surface area (Å²) in [5, 5.41) is 6.29. The molecule has 0 atom stereocenters. The number of piperazine rings is 1. The molecule has 1 saturated heterocycles. The number of rotatable bonds is 6. The Hall–Kier alpha value is -2.59. The van der Waals surface area contributed by atoms with Gasteiger partial charge in [0.2, 0.25) is 5.03 Å². The number of carbonyl (C=O) groups is 1. The number of sulfonamides is 1. The van der Waals surface area contributed by atoms with Crippen LogP contribution in [0.4, 0.5) is 5.69 Å². The topological polar surface area (TPSA) is 105 Å². The Balaban J connectivity index is 1.82. The molecule has 0 amide bonds. The van der Waals surface area contributed by atoms with E-state index in [-0.39, 0.29) is 23.7 Å². The fourth-order valence-electron chi connectivity index (χ4n) is 3.30. The summed E-state index contributed by atoms with van der Waals surface area (Å²) in [5.74, 6) is 0.0310. The number of aromatic nitrogens is 2. The number of nitrogens with zero attached hydrogens (tertiary/aromatic N) is 3. The number of aryl methyl sites for hydroxylation is 1. The second-order valence-electron chi connectivity index (χ2n) is 6.29. The van der Waals surface area contributed by atoms with Gasteiger partial charge in [0.1, 0.15) is 11.3 Å². The smallest absolute Gasteiger partial charge is 0.342 e. The Bertz CT molecular complexity index is 949. The fraction of sp³-hybridized carbons (Fsp3) is 0.444. The van der Waals surface area contributed by atoms with E-state index in [0.29, 0.717) is 25.2 Å². The van der Waals surface area contributed by atoms with Crippen LogP contribution in [-0.2, 0) is 21.2 Å². The van der Waals surface area contributed by atoms with Gasteiger partial charge in [-0.2, -0.15) is 9.40 Å². The van der Waals surface area contributed by atoms with Gasteiger partial charge in [-0.25, -0.2) is 13.2 Å². The maximum Gasteiger partial charge on any atom is 0.342 e. The van der Waals surface area contributed by atoms with Gasteiger partial charge in [0.25, 0.3) is 10.0 Å². The van der Waals surface area contributed by atoms with Crippen LogP contribution in [0.25, 0.3) is 0 Å². The lowest BCUT2D eigenvalue weighted by atomic mass is 10.2. The molecule has 1 aliphatic rings. The highest BCUT2D eigenvalue weighted by atomic mass is 32.2. The fourth-order valence-corrected chi connectivity index (χ4v) is 4.81. The molecule has 28 heavy (non-hydrogen) atoms. The van der Waals surface area contributed by atoms with Crippen molar-refractivity contribution >= 4 is 21.7 Å². The Morgan fingerprint density at radius 3 is 2.46 bits per heavy atom. The Labute approximate surface area is 164 Å². The lowest BCUT2D eigenvalue weighted by molar-refractivity contribution is 0.0595. The molecule has 3 rings (SSSR count). The summed E-state index contributed by atoms with van der Waals surface area (Å²) in [6.45, 7) is 3.35. The van der Waals surface area contributed by atoms with Crippen molar-refractivity contribution < 1.29 is 22.7 Å². The van der Waals surface area contributed by atoms with Gasteiger partial charge in [-0.05, 0) is 18.6 Å². The number of benzene rings is 1. The zero-order valence-corrected chi connectivity index (χ0v) is 17.0. The first-order valence-corrected chi connectivity index (χ1v) is 10.4. The number of ether oxygens (including phenoxy) is 2. The van der Waals surface area contributed by atoms with E-state index in [1.165, 1.54) is 11.4 Å². The highest BCUT2D eigenvalue weighted by Crippen LogP contribution is 2.30. The maximum atomic E-state index is 13.1. The zero-order valence-electron chi connectivity index (χ0n) is 16.1. The van der Waals surface area contributed by atoms with Gasteiger partial charge in [-0.15, -0.1) is 0 Å². The summed E-state index contributed by atoms with van der Waals surface area (Å²) in [6.07, 6.45) is 0.439. The number of esters is 1. The summed E-state index contributed by atoms with van der Waals surface area (Å²) >= 11 is 0. The molecule has 1 aromatic carbocycles. The molecule has 0 bridgehead atoms. The van der Waals surface area contributed by atoms with E-state index in [1.54, 1.807) is 7.11 Å². The van der Waals surface area contributed by atoms with Crippen LogP contribution in [0.2, 0.25) is 0 Å². The first-order valence-electron chi connectivity index (χ1n) is 8.97. The van der Waals surface area contributed by atoms with Crippen LogP contribution in [-0.4, -0.2) is 69.3 Å². The van der Waals surface area contributed by atoms with E-state index in [2.05, 4.69) is 15.1 Å². The third kappa shape index (κ3) is 3.57. The minimum Gasteiger partial charge on any atom is -0.495 e. The number of nitrogens with one attached hydrogen (secondary N) is 1. The lowest BCUT2D eigenvalue weighted by Gasteiger charge is -2.35. The van der Waals surface area contributed by atoms with Crippen molar-refractivity contribution in [1.82, 2.24) is 14.5 Å². The van der Waals surface area contributed by atoms with E-state index in [4.69, 9.17) is 9.47 Å². The number of carbonyl (C=O) groups excluding carboxylic acids is 1. The summed E-state index contributed by atoms with van der Waals surface area (Å²) in [7, 11) is -1.10. The molecule has 2 aromatic rings. The molecule has 1 aromatic heterocycles. The van der Waals surface area contributed by atoms with Crippen molar-refractivity contribution in [3.63, 3.8) is 0 Å². The first-order chi connectivity index (χ1) is 13.4. The molecule has 0 spiro atoms. The average Bonchev–Trinajstić information content (AvgIpc) is 3.18. The molecular formula is C18H24N4O5S. The van der Waals surface area contributed by atoms with E-state index < -0.39 is 16.0 Å². The standard InChI is InChI=1S/C18H24N4O5S/c1-4-13-16(18(23)27-3)17(20-19-13)28(24,25)22-11-9-21(10-12-22)14-7-5-6-8-15(14)26-2/h5-8H,4,9-12H2,1-3H3,(H,19,20). The van der Waals surface area contributed by atoms with Crippen molar-refractivity contribution in [2.24, 2.45) is 0 Å². The Kier molecular flexibility index (Phi) is 5.90. The summed E-state index contributed by atoms with van der Waals surface area (Å²) in [6, 6.07) is 7.62. The third-order valence-electron chi connectivity index (χ3n) is 4.80. The van der Waals surface area contributed by atoms with Gasteiger partial charge in [-0.1, -0.05) is 19.1 Å². The number of para-hydroxylation sites is 2. The molecule has 2 heterocycles. The molecule has 9 nitrogen and oxygen atoms in total. The number of hydrogen-bond donors (Lipinski definition) is 1. The molecular weight excluding hydrogens is 384 g/mol. The molecule has 0 radical (unpaired) electrons.